The highest BCUT2D eigenvalue weighted by molar-refractivity contribution is 9.10. The Labute approximate surface area is 111 Å². The standard InChI is InChI=1S/C13H19BrN2O/c1-9-8-10(6-7-11(9)14)15-12(17)13(2,3)16(4)5/h6-8H,1-5H3,(H,15,17). The van der Waals surface area contributed by atoms with E-state index < -0.39 is 5.54 Å². The molecule has 0 bridgehead atoms. The zero-order valence-electron chi connectivity index (χ0n) is 11.0. The lowest BCUT2D eigenvalue weighted by molar-refractivity contribution is -0.124. The molecule has 1 rings (SSSR count). The molecular weight excluding hydrogens is 280 g/mol. The topological polar surface area (TPSA) is 32.3 Å². The minimum atomic E-state index is -0.527. The van der Waals surface area contributed by atoms with Crippen molar-refractivity contribution in [3.05, 3.63) is 28.2 Å². The number of aryl methyl sites for hydroxylation is 1. The number of hydrogen-bond donors (Lipinski definition) is 1. The summed E-state index contributed by atoms with van der Waals surface area (Å²) in [7, 11) is 3.79. The summed E-state index contributed by atoms with van der Waals surface area (Å²) in [5.74, 6) is -0.00998. The van der Waals surface area contributed by atoms with Crippen molar-refractivity contribution < 1.29 is 4.79 Å². The molecule has 1 N–H and O–H groups in total. The van der Waals surface area contributed by atoms with Gasteiger partial charge in [0.15, 0.2) is 0 Å². The summed E-state index contributed by atoms with van der Waals surface area (Å²) in [6.07, 6.45) is 0. The molecule has 0 saturated heterocycles. The fourth-order valence-electron chi connectivity index (χ4n) is 1.21. The molecule has 0 saturated carbocycles. The van der Waals surface area contributed by atoms with Crippen LogP contribution in [0.5, 0.6) is 0 Å². The molecule has 0 aromatic heterocycles. The molecule has 4 heteroatoms. The molecule has 0 atom stereocenters. The predicted octanol–water partition coefficient (Wildman–Crippen LogP) is 3.04. The predicted molar refractivity (Wildman–Crippen MR) is 75.3 cm³/mol. The summed E-state index contributed by atoms with van der Waals surface area (Å²) < 4.78 is 1.04. The van der Waals surface area contributed by atoms with Crippen molar-refractivity contribution in [2.75, 3.05) is 19.4 Å². The molecule has 94 valence electrons. The van der Waals surface area contributed by atoms with Gasteiger partial charge in [0.1, 0.15) is 0 Å². The van der Waals surface area contributed by atoms with E-state index in [9.17, 15) is 4.79 Å². The van der Waals surface area contributed by atoms with E-state index in [0.29, 0.717) is 0 Å². The summed E-state index contributed by atoms with van der Waals surface area (Å²) in [6, 6.07) is 5.78. The van der Waals surface area contributed by atoms with E-state index in [4.69, 9.17) is 0 Å². The quantitative estimate of drug-likeness (QED) is 0.930. The lowest BCUT2D eigenvalue weighted by Crippen LogP contribution is -2.48. The normalized spacial score (nSPS) is 11.7. The molecule has 0 heterocycles. The van der Waals surface area contributed by atoms with Crippen molar-refractivity contribution in [1.29, 1.82) is 0 Å². The number of benzene rings is 1. The Morgan fingerprint density at radius 1 is 1.35 bits per heavy atom. The van der Waals surface area contributed by atoms with Gasteiger partial charge in [-0.15, -0.1) is 0 Å². The first-order chi connectivity index (χ1) is 7.75. The number of amides is 1. The SMILES string of the molecule is Cc1cc(NC(=O)C(C)(C)N(C)C)ccc1Br. The van der Waals surface area contributed by atoms with E-state index in [1.807, 2.05) is 58.0 Å². The van der Waals surface area contributed by atoms with Gasteiger partial charge in [0, 0.05) is 10.2 Å². The van der Waals surface area contributed by atoms with E-state index in [0.717, 1.165) is 15.7 Å². The van der Waals surface area contributed by atoms with Crippen molar-refractivity contribution in [3.8, 4) is 0 Å². The van der Waals surface area contributed by atoms with Crippen molar-refractivity contribution in [1.82, 2.24) is 4.90 Å². The maximum atomic E-state index is 12.1. The van der Waals surface area contributed by atoms with Crippen LogP contribution >= 0.6 is 15.9 Å². The second-order valence-corrected chi connectivity index (χ2v) is 5.73. The molecule has 0 unspecified atom stereocenters. The molecule has 0 aliphatic carbocycles. The number of rotatable bonds is 3. The summed E-state index contributed by atoms with van der Waals surface area (Å²) >= 11 is 3.44. The highest BCUT2D eigenvalue weighted by atomic mass is 79.9. The number of halogens is 1. The lowest BCUT2D eigenvalue weighted by Gasteiger charge is -2.30. The number of carbonyl (C=O) groups is 1. The zero-order valence-corrected chi connectivity index (χ0v) is 12.6. The Bertz CT molecular complexity index is 427. The third kappa shape index (κ3) is 3.30. The average Bonchev–Trinajstić information content (AvgIpc) is 2.23. The van der Waals surface area contributed by atoms with E-state index in [1.165, 1.54) is 0 Å². The third-order valence-corrected chi connectivity index (χ3v) is 3.98. The molecule has 0 aliphatic heterocycles. The van der Waals surface area contributed by atoms with Crippen LogP contribution in [0.25, 0.3) is 0 Å². The van der Waals surface area contributed by atoms with Crippen LogP contribution in [0.2, 0.25) is 0 Å². The van der Waals surface area contributed by atoms with E-state index >= 15 is 0 Å². The molecule has 0 fully saturated rings. The highest BCUT2D eigenvalue weighted by Crippen LogP contribution is 2.21. The number of likely N-dealkylation sites (N-methyl/N-ethyl adjacent to an activating group) is 1. The fourth-order valence-corrected chi connectivity index (χ4v) is 1.46. The van der Waals surface area contributed by atoms with Crippen LogP contribution in [0.3, 0.4) is 0 Å². The summed E-state index contributed by atoms with van der Waals surface area (Å²) in [4.78, 5) is 14.0. The van der Waals surface area contributed by atoms with Gasteiger partial charge in [-0.3, -0.25) is 9.69 Å². The van der Waals surface area contributed by atoms with Gasteiger partial charge in [0.05, 0.1) is 5.54 Å². The molecule has 1 amide bonds. The largest absolute Gasteiger partial charge is 0.324 e. The summed E-state index contributed by atoms with van der Waals surface area (Å²) in [5.41, 5.74) is 1.40. The fraction of sp³-hybridized carbons (Fsp3) is 0.462. The van der Waals surface area contributed by atoms with Crippen LogP contribution in [0.4, 0.5) is 5.69 Å². The van der Waals surface area contributed by atoms with Gasteiger partial charge in [-0.05, 0) is 58.6 Å². The van der Waals surface area contributed by atoms with E-state index in [2.05, 4.69) is 21.2 Å². The van der Waals surface area contributed by atoms with Crippen LogP contribution in [0.1, 0.15) is 19.4 Å². The van der Waals surface area contributed by atoms with Crippen LogP contribution in [0.15, 0.2) is 22.7 Å². The van der Waals surface area contributed by atoms with Gasteiger partial charge in [0.25, 0.3) is 0 Å². The Morgan fingerprint density at radius 2 is 1.94 bits per heavy atom. The maximum Gasteiger partial charge on any atom is 0.244 e. The number of carbonyl (C=O) groups excluding carboxylic acids is 1. The molecular formula is C13H19BrN2O. The average molecular weight is 299 g/mol. The first kappa shape index (κ1) is 14.2. The van der Waals surface area contributed by atoms with Crippen LogP contribution in [0, 0.1) is 6.92 Å². The van der Waals surface area contributed by atoms with E-state index in [1.54, 1.807) is 0 Å². The van der Waals surface area contributed by atoms with Crippen LogP contribution in [-0.4, -0.2) is 30.4 Å². The maximum absolute atomic E-state index is 12.1. The highest BCUT2D eigenvalue weighted by Gasteiger charge is 2.29. The Kier molecular flexibility index (Phi) is 4.33. The van der Waals surface area contributed by atoms with Crippen molar-refractivity contribution in [3.63, 3.8) is 0 Å². The number of nitrogens with one attached hydrogen (secondary N) is 1. The first-order valence-electron chi connectivity index (χ1n) is 5.50. The number of hydrogen-bond acceptors (Lipinski definition) is 2. The summed E-state index contributed by atoms with van der Waals surface area (Å²) in [5, 5.41) is 2.93. The molecule has 0 aliphatic rings. The smallest absolute Gasteiger partial charge is 0.244 e. The van der Waals surface area contributed by atoms with Crippen molar-refractivity contribution >= 4 is 27.5 Å². The van der Waals surface area contributed by atoms with Crippen molar-refractivity contribution in [2.45, 2.75) is 26.3 Å². The van der Waals surface area contributed by atoms with Gasteiger partial charge in [-0.1, -0.05) is 15.9 Å². The van der Waals surface area contributed by atoms with Crippen LogP contribution < -0.4 is 5.32 Å². The molecule has 1 aromatic rings. The zero-order chi connectivity index (χ0) is 13.2. The molecule has 1 aromatic carbocycles. The minimum absolute atomic E-state index is 0.00998. The van der Waals surface area contributed by atoms with Gasteiger partial charge in [0.2, 0.25) is 5.91 Å². The lowest BCUT2D eigenvalue weighted by atomic mass is 10.0. The number of anilines is 1. The number of nitrogens with zero attached hydrogens (tertiary/aromatic N) is 1. The molecule has 0 spiro atoms. The Hall–Kier alpha value is -0.870. The van der Waals surface area contributed by atoms with Gasteiger partial charge < -0.3 is 5.32 Å². The molecule has 17 heavy (non-hydrogen) atoms. The Morgan fingerprint density at radius 3 is 2.41 bits per heavy atom. The van der Waals surface area contributed by atoms with Crippen molar-refractivity contribution in [2.24, 2.45) is 0 Å². The second-order valence-electron chi connectivity index (χ2n) is 4.87. The third-order valence-electron chi connectivity index (χ3n) is 3.09. The second kappa shape index (κ2) is 5.19. The van der Waals surface area contributed by atoms with Gasteiger partial charge in [-0.2, -0.15) is 0 Å². The summed E-state index contributed by atoms with van der Waals surface area (Å²) in [6.45, 7) is 5.79. The minimum Gasteiger partial charge on any atom is -0.324 e. The monoisotopic (exact) mass is 298 g/mol. The Balaban J connectivity index is 2.85. The van der Waals surface area contributed by atoms with Gasteiger partial charge >= 0.3 is 0 Å². The van der Waals surface area contributed by atoms with Crippen LogP contribution in [-0.2, 0) is 4.79 Å². The molecule has 0 radical (unpaired) electrons. The first-order valence-corrected chi connectivity index (χ1v) is 6.29. The van der Waals surface area contributed by atoms with E-state index in [-0.39, 0.29) is 5.91 Å². The molecule has 3 nitrogen and oxygen atoms in total. The van der Waals surface area contributed by atoms with Gasteiger partial charge in [-0.25, -0.2) is 0 Å².